The molecule has 8 heteroatoms. The van der Waals surface area contributed by atoms with Crippen molar-refractivity contribution in [2.75, 3.05) is 24.4 Å². The molecule has 3 aromatic rings. The molecule has 0 spiro atoms. The van der Waals surface area contributed by atoms with Crippen LogP contribution < -0.4 is 15.4 Å². The lowest BCUT2D eigenvalue weighted by atomic mass is 10.1. The number of amides is 2. The third-order valence-electron chi connectivity index (χ3n) is 4.33. The van der Waals surface area contributed by atoms with Crippen LogP contribution in [-0.4, -0.2) is 31.5 Å². The summed E-state index contributed by atoms with van der Waals surface area (Å²) in [5.74, 6) is 0.104. The molecule has 0 radical (unpaired) electrons. The third kappa shape index (κ3) is 5.49. The number of hydrogen-bond acceptors (Lipinski definition) is 6. The monoisotopic (exact) mass is 438 g/mol. The highest BCUT2D eigenvalue weighted by molar-refractivity contribution is 7.18. The van der Waals surface area contributed by atoms with Crippen LogP contribution in [0.3, 0.4) is 0 Å². The highest BCUT2D eigenvalue weighted by Crippen LogP contribution is 2.36. The number of carbonyl (C=O) groups excluding carboxylic acids is 3. The molecule has 0 saturated heterocycles. The molecule has 1 heterocycles. The molecule has 2 amide bonds. The van der Waals surface area contributed by atoms with Gasteiger partial charge in [-0.1, -0.05) is 12.1 Å². The Morgan fingerprint density at radius 2 is 1.74 bits per heavy atom. The minimum Gasteiger partial charge on any atom is -0.494 e. The molecule has 0 saturated carbocycles. The van der Waals surface area contributed by atoms with Crippen LogP contribution in [0.4, 0.5) is 16.2 Å². The third-order valence-corrected chi connectivity index (χ3v) is 5.49. The van der Waals surface area contributed by atoms with E-state index < -0.39 is 12.0 Å². The Morgan fingerprint density at radius 3 is 2.39 bits per heavy atom. The molecule has 1 aromatic heterocycles. The number of carbonyl (C=O) groups is 3. The van der Waals surface area contributed by atoms with Gasteiger partial charge in [0.1, 0.15) is 10.6 Å². The van der Waals surface area contributed by atoms with E-state index in [1.807, 2.05) is 31.2 Å². The van der Waals surface area contributed by atoms with Gasteiger partial charge in [0, 0.05) is 16.1 Å². The number of ketones is 1. The second kappa shape index (κ2) is 9.90. The number of hydrogen-bond donors (Lipinski definition) is 2. The summed E-state index contributed by atoms with van der Waals surface area (Å²) in [5.41, 5.74) is 2.16. The van der Waals surface area contributed by atoms with Crippen LogP contribution in [0, 0.1) is 0 Å². The normalized spacial score (nSPS) is 10.3. The molecule has 0 atom stereocenters. The molecule has 7 nitrogen and oxygen atoms in total. The number of nitrogens with one attached hydrogen (secondary N) is 2. The number of anilines is 2. The van der Waals surface area contributed by atoms with Crippen LogP contribution in [0.5, 0.6) is 5.75 Å². The summed E-state index contributed by atoms with van der Waals surface area (Å²) in [6, 6.07) is 15.2. The van der Waals surface area contributed by atoms with Gasteiger partial charge >= 0.3 is 12.0 Å². The van der Waals surface area contributed by atoms with Gasteiger partial charge in [-0.3, -0.25) is 4.79 Å². The molecule has 0 aliphatic rings. The summed E-state index contributed by atoms with van der Waals surface area (Å²) in [6.45, 7) is 3.94. The Balaban J connectivity index is 1.82. The lowest BCUT2D eigenvalue weighted by Gasteiger charge is -2.08. The second-order valence-electron chi connectivity index (χ2n) is 6.52. The fraction of sp³-hybridized carbons (Fsp3) is 0.174. The Morgan fingerprint density at radius 1 is 1.00 bits per heavy atom. The number of esters is 1. The van der Waals surface area contributed by atoms with Crippen molar-refractivity contribution in [2.45, 2.75) is 13.8 Å². The Hall–Kier alpha value is -3.65. The molecule has 0 aliphatic carbocycles. The smallest absolute Gasteiger partial charge is 0.350 e. The van der Waals surface area contributed by atoms with E-state index in [4.69, 9.17) is 9.47 Å². The Labute approximate surface area is 184 Å². The SMILES string of the molecule is CCOc1ccc(-c2cc(NC(=O)Nc3cccc(C(C)=O)c3)c(C(=O)OC)s2)cc1. The first-order valence-corrected chi connectivity index (χ1v) is 10.4. The van der Waals surface area contributed by atoms with Gasteiger partial charge in [-0.25, -0.2) is 9.59 Å². The quantitative estimate of drug-likeness (QED) is 0.378. The number of urea groups is 1. The molecule has 0 unspecified atom stereocenters. The van der Waals surface area contributed by atoms with Gasteiger partial charge in [0.05, 0.1) is 19.4 Å². The summed E-state index contributed by atoms with van der Waals surface area (Å²) in [5, 5.41) is 5.37. The summed E-state index contributed by atoms with van der Waals surface area (Å²) < 4.78 is 10.3. The van der Waals surface area contributed by atoms with Crippen molar-refractivity contribution in [1.82, 2.24) is 0 Å². The molecular formula is C23H22N2O5S. The number of ether oxygens (including phenoxy) is 2. The largest absolute Gasteiger partial charge is 0.494 e. The first-order chi connectivity index (χ1) is 14.9. The fourth-order valence-electron chi connectivity index (χ4n) is 2.85. The average molecular weight is 439 g/mol. The van der Waals surface area contributed by atoms with Gasteiger partial charge in [0.25, 0.3) is 0 Å². The first kappa shape index (κ1) is 22.0. The Bertz CT molecular complexity index is 1110. The first-order valence-electron chi connectivity index (χ1n) is 9.55. The van der Waals surface area contributed by atoms with E-state index in [2.05, 4.69) is 10.6 Å². The van der Waals surface area contributed by atoms with E-state index in [9.17, 15) is 14.4 Å². The van der Waals surface area contributed by atoms with Crippen molar-refractivity contribution in [1.29, 1.82) is 0 Å². The van der Waals surface area contributed by atoms with Crippen molar-refractivity contribution < 1.29 is 23.9 Å². The molecule has 2 N–H and O–H groups in total. The van der Waals surface area contributed by atoms with Crippen molar-refractivity contribution in [3.8, 4) is 16.2 Å². The lowest BCUT2D eigenvalue weighted by Crippen LogP contribution is -2.20. The molecule has 31 heavy (non-hydrogen) atoms. The van der Waals surface area contributed by atoms with Crippen LogP contribution in [0.25, 0.3) is 10.4 Å². The minimum atomic E-state index is -0.545. The van der Waals surface area contributed by atoms with Gasteiger partial charge in [-0.2, -0.15) is 0 Å². The second-order valence-corrected chi connectivity index (χ2v) is 7.57. The van der Waals surface area contributed by atoms with Crippen molar-refractivity contribution >= 4 is 40.5 Å². The summed E-state index contributed by atoms with van der Waals surface area (Å²) >= 11 is 1.22. The van der Waals surface area contributed by atoms with Gasteiger partial charge in [-0.05, 0) is 61.9 Å². The van der Waals surface area contributed by atoms with Crippen LogP contribution in [0.1, 0.15) is 33.9 Å². The molecule has 0 bridgehead atoms. The zero-order valence-corrected chi connectivity index (χ0v) is 18.2. The predicted molar refractivity (Wildman–Crippen MR) is 121 cm³/mol. The van der Waals surface area contributed by atoms with E-state index in [1.54, 1.807) is 30.3 Å². The number of thiophene rings is 1. The van der Waals surface area contributed by atoms with Crippen molar-refractivity contribution in [3.05, 3.63) is 65.0 Å². The summed E-state index contributed by atoms with van der Waals surface area (Å²) in [7, 11) is 1.29. The van der Waals surface area contributed by atoms with Gasteiger partial charge < -0.3 is 20.1 Å². The summed E-state index contributed by atoms with van der Waals surface area (Å²) in [4.78, 5) is 37.4. The molecule has 0 aliphatic heterocycles. The van der Waals surface area contributed by atoms with Gasteiger partial charge in [-0.15, -0.1) is 11.3 Å². The lowest BCUT2D eigenvalue weighted by molar-refractivity contribution is 0.0607. The maximum absolute atomic E-state index is 12.5. The molecule has 160 valence electrons. The number of Topliss-reactive ketones (excluding diaryl/α,β-unsaturated/α-hetero) is 1. The van der Waals surface area contributed by atoms with Crippen LogP contribution in [-0.2, 0) is 4.74 Å². The van der Waals surface area contributed by atoms with Gasteiger partial charge in [0.15, 0.2) is 5.78 Å². The van der Waals surface area contributed by atoms with Crippen molar-refractivity contribution in [2.24, 2.45) is 0 Å². The Kier molecular flexibility index (Phi) is 7.04. The summed E-state index contributed by atoms with van der Waals surface area (Å²) in [6.07, 6.45) is 0. The predicted octanol–water partition coefficient (Wildman–Crippen LogP) is 5.45. The highest BCUT2D eigenvalue weighted by atomic mass is 32.1. The van der Waals surface area contributed by atoms with Crippen LogP contribution in [0.2, 0.25) is 0 Å². The van der Waals surface area contributed by atoms with E-state index >= 15 is 0 Å². The molecular weight excluding hydrogens is 416 g/mol. The molecule has 3 rings (SSSR count). The van der Waals surface area contributed by atoms with Crippen molar-refractivity contribution in [3.63, 3.8) is 0 Å². The molecule has 0 fully saturated rings. The van der Waals surface area contributed by atoms with Crippen LogP contribution >= 0.6 is 11.3 Å². The van der Waals surface area contributed by atoms with Gasteiger partial charge in [0.2, 0.25) is 0 Å². The highest BCUT2D eigenvalue weighted by Gasteiger charge is 2.20. The zero-order valence-electron chi connectivity index (χ0n) is 17.4. The standard InChI is InChI=1S/C23H22N2O5S/c1-4-30-18-10-8-15(9-11-18)20-13-19(21(31-20)22(27)29-3)25-23(28)24-17-7-5-6-16(12-17)14(2)26/h5-13H,4H2,1-3H3,(H2,24,25,28). The topological polar surface area (TPSA) is 93.7 Å². The zero-order chi connectivity index (χ0) is 22.4. The van der Waals surface area contributed by atoms with E-state index in [1.165, 1.54) is 25.4 Å². The number of benzene rings is 2. The fourth-order valence-corrected chi connectivity index (χ4v) is 3.89. The molecule has 2 aromatic carbocycles. The number of rotatable bonds is 7. The van der Waals surface area contributed by atoms with E-state index in [0.29, 0.717) is 23.5 Å². The maximum atomic E-state index is 12.5. The van der Waals surface area contributed by atoms with E-state index in [0.717, 1.165) is 16.2 Å². The number of methoxy groups -OCH3 is 1. The maximum Gasteiger partial charge on any atom is 0.350 e. The minimum absolute atomic E-state index is 0.102. The van der Waals surface area contributed by atoms with E-state index in [-0.39, 0.29) is 10.7 Å². The van der Waals surface area contributed by atoms with Crippen LogP contribution in [0.15, 0.2) is 54.6 Å². The average Bonchev–Trinajstić information content (AvgIpc) is 3.17.